The molecule has 7 heteroatoms. The Hall–Kier alpha value is -3.87. The summed E-state index contributed by atoms with van der Waals surface area (Å²) in [6.07, 6.45) is 1.69. The van der Waals surface area contributed by atoms with Crippen LogP contribution in [0.4, 0.5) is 0 Å². The molecular weight excluding hydrogens is 370 g/mol. The number of carboxylic acids is 1. The van der Waals surface area contributed by atoms with Gasteiger partial charge in [0.05, 0.1) is 16.6 Å². The number of aromatic carboxylic acids is 1. The summed E-state index contributed by atoms with van der Waals surface area (Å²) < 4.78 is 13.6. The lowest BCUT2D eigenvalue weighted by atomic mass is 10.2. The number of aryl methyl sites for hydroxylation is 2. The van der Waals surface area contributed by atoms with Gasteiger partial charge in [-0.2, -0.15) is 0 Å². The summed E-state index contributed by atoms with van der Waals surface area (Å²) in [5.74, 6) is 1.44. The van der Waals surface area contributed by atoms with E-state index in [-0.39, 0.29) is 12.2 Å². The van der Waals surface area contributed by atoms with Crippen LogP contribution in [0.2, 0.25) is 0 Å². The van der Waals surface area contributed by atoms with Gasteiger partial charge in [-0.15, -0.1) is 0 Å². The first-order valence-electron chi connectivity index (χ1n) is 9.02. The van der Waals surface area contributed by atoms with Gasteiger partial charge in [-0.3, -0.25) is 0 Å². The molecule has 2 heterocycles. The number of hydrogen-bond donors (Lipinski definition) is 1. The third-order valence-electron chi connectivity index (χ3n) is 4.57. The molecule has 0 atom stereocenters. The zero-order chi connectivity index (χ0) is 20.4. The highest BCUT2D eigenvalue weighted by molar-refractivity contribution is 5.88. The molecule has 0 aliphatic heterocycles. The summed E-state index contributed by atoms with van der Waals surface area (Å²) in [4.78, 5) is 20.0. The second-order valence-corrected chi connectivity index (χ2v) is 6.59. The van der Waals surface area contributed by atoms with E-state index in [0.717, 1.165) is 16.6 Å². The smallest absolute Gasteiger partial charge is 0.335 e. The highest BCUT2D eigenvalue weighted by atomic mass is 16.5. The van der Waals surface area contributed by atoms with Crippen molar-refractivity contribution in [2.75, 3.05) is 0 Å². The third-order valence-corrected chi connectivity index (χ3v) is 4.57. The van der Waals surface area contributed by atoms with E-state index < -0.39 is 5.97 Å². The molecule has 2 aromatic heterocycles. The monoisotopic (exact) mass is 389 g/mol. The van der Waals surface area contributed by atoms with Crippen LogP contribution in [0.15, 0.2) is 60.8 Å². The van der Waals surface area contributed by atoms with Crippen molar-refractivity contribution in [2.24, 2.45) is 7.05 Å². The van der Waals surface area contributed by atoms with Crippen molar-refractivity contribution in [2.45, 2.75) is 13.5 Å². The fourth-order valence-electron chi connectivity index (χ4n) is 2.97. The summed E-state index contributed by atoms with van der Waals surface area (Å²) in [5, 5.41) is 9.09. The Morgan fingerprint density at radius 3 is 2.76 bits per heavy atom. The van der Waals surface area contributed by atoms with E-state index in [2.05, 4.69) is 9.97 Å². The zero-order valence-corrected chi connectivity index (χ0v) is 16.0. The number of nitrogens with zero attached hydrogens (tertiary/aromatic N) is 3. The molecule has 0 aliphatic carbocycles. The van der Waals surface area contributed by atoms with Crippen LogP contribution >= 0.6 is 0 Å². The average molecular weight is 389 g/mol. The van der Waals surface area contributed by atoms with Crippen LogP contribution in [0.1, 0.15) is 21.7 Å². The third kappa shape index (κ3) is 3.89. The first-order valence-corrected chi connectivity index (χ1v) is 9.02. The molecule has 1 N–H and O–H groups in total. The van der Waals surface area contributed by atoms with E-state index in [9.17, 15) is 4.79 Å². The van der Waals surface area contributed by atoms with E-state index in [1.165, 1.54) is 12.1 Å². The second-order valence-electron chi connectivity index (χ2n) is 6.59. The maximum Gasteiger partial charge on any atom is 0.335 e. The van der Waals surface area contributed by atoms with Crippen molar-refractivity contribution >= 4 is 17.0 Å². The minimum absolute atomic E-state index is 0.180. The van der Waals surface area contributed by atoms with Gasteiger partial charge in [-0.05, 0) is 43.3 Å². The molecule has 0 unspecified atom stereocenters. The molecule has 0 aliphatic rings. The Balaban J connectivity index is 1.55. The molecule has 0 saturated heterocycles. The molecule has 0 bridgehead atoms. The Labute approximate surface area is 167 Å². The number of pyridine rings is 1. The molecule has 29 heavy (non-hydrogen) atoms. The fourth-order valence-corrected chi connectivity index (χ4v) is 2.97. The SMILES string of the molecule is Cc1cccnc1Oc1ccc2nc(COc3cccc(C(=O)O)c3)n(C)c2c1. The Bertz CT molecular complexity index is 1200. The molecule has 2 aromatic carbocycles. The van der Waals surface area contributed by atoms with Crippen molar-refractivity contribution in [1.29, 1.82) is 0 Å². The van der Waals surface area contributed by atoms with E-state index in [1.807, 2.05) is 48.9 Å². The summed E-state index contributed by atoms with van der Waals surface area (Å²) in [7, 11) is 1.90. The number of carbonyl (C=O) groups is 1. The number of rotatable bonds is 6. The highest BCUT2D eigenvalue weighted by Crippen LogP contribution is 2.27. The molecule has 4 aromatic rings. The molecule has 7 nitrogen and oxygen atoms in total. The molecule has 0 amide bonds. The number of fused-ring (bicyclic) bond motifs is 1. The lowest BCUT2D eigenvalue weighted by Gasteiger charge is -2.08. The number of carboxylic acid groups (broad SMARTS) is 1. The molecule has 0 fully saturated rings. The lowest BCUT2D eigenvalue weighted by molar-refractivity contribution is 0.0696. The van der Waals surface area contributed by atoms with Gasteiger partial charge in [0.25, 0.3) is 0 Å². The fraction of sp³-hybridized carbons (Fsp3) is 0.136. The van der Waals surface area contributed by atoms with Crippen molar-refractivity contribution in [3.8, 4) is 17.4 Å². The summed E-state index contributed by atoms with van der Waals surface area (Å²) in [5.41, 5.74) is 2.85. The molecule has 4 rings (SSSR count). The lowest BCUT2D eigenvalue weighted by Crippen LogP contribution is -2.04. The number of ether oxygens (including phenoxy) is 2. The van der Waals surface area contributed by atoms with Gasteiger partial charge in [0.15, 0.2) is 0 Å². The van der Waals surface area contributed by atoms with E-state index in [4.69, 9.17) is 14.6 Å². The van der Waals surface area contributed by atoms with Crippen LogP contribution in [0.5, 0.6) is 17.4 Å². The van der Waals surface area contributed by atoms with E-state index in [1.54, 1.807) is 18.3 Å². The maximum absolute atomic E-state index is 11.1. The van der Waals surface area contributed by atoms with Gasteiger partial charge in [0.2, 0.25) is 5.88 Å². The Morgan fingerprint density at radius 1 is 1.10 bits per heavy atom. The summed E-state index contributed by atoms with van der Waals surface area (Å²) in [6, 6.07) is 15.8. The zero-order valence-electron chi connectivity index (χ0n) is 16.0. The van der Waals surface area contributed by atoms with Crippen LogP contribution in [0.25, 0.3) is 11.0 Å². The van der Waals surface area contributed by atoms with Crippen LogP contribution < -0.4 is 9.47 Å². The number of hydrogen-bond acceptors (Lipinski definition) is 5. The maximum atomic E-state index is 11.1. The molecule has 146 valence electrons. The first-order chi connectivity index (χ1) is 14.0. The van der Waals surface area contributed by atoms with Crippen LogP contribution in [0.3, 0.4) is 0 Å². The number of imidazole rings is 1. The van der Waals surface area contributed by atoms with E-state index in [0.29, 0.717) is 23.2 Å². The van der Waals surface area contributed by atoms with Crippen molar-refractivity contribution in [3.05, 3.63) is 77.7 Å². The predicted octanol–water partition coefficient (Wildman–Crippen LogP) is 4.35. The average Bonchev–Trinajstić information content (AvgIpc) is 3.04. The molecule has 0 radical (unpaired) electrons. The van der Waals surface area contributed by atoms with Crippen LogP contribution in [0, 0.1) is 6.92 Å². The minimum atomic E-state index is -0.992. The Morgan fingerprint density at radius 2 is 1.97 bits per heavy atom. The first kappa shape index (κ1) is 18.5. The predicted molar refractivity (Wildman–Crippen MR) is 107 cm³/mol. The van der Waals surface area contributed by atoms with Gasteiger partial charge in [0.1, 0.15) is 23.9 Å². The van der Waals surface area contributed by atoms with Gasteiger partial charge in [-0.25, -0.2) is 14.8 Å². The van der Waals surface area contributed by atoms with Gasteiger partial charge in [-0.1, -0.05) is 12.1 Å². The van der Waals surface area contributed by atoms with Crippen LogP contribution in [-0.4, -0.2) is 25.6 Å². The van der Waals surface area contributed by atoms with Gasteiger partial charge < -0.3 is 19.1 Å². The van der Waals surface area contributed by atoms with Gasteiger partial charge in [0, 0.05) is 24.9 Å². The normalized spacial score (nSPS) is 10.8. The topological polar surface area (TPSA) is 86.5 Å². The van der Waals surface area contributed by atoms with Crippen LogP contribution in [-0.2, 0) is 13.7 Å². The van der Waals surface area contributed by atoms with Crippen molar-refractivity contribution < 1.29 is 19.4 Å². The minimum Gasteiger partial charge on any atom is -0.486 e. The quantitative estimate of drug-likeness (QED) is 0.528. The molecule has 0 spiro atoms. The summed E-state index contributed by atoms with van der Waals surface area (Å²) in [6.45, 7) is 2.16. The molecular formula is C22H19N3O4. The second kappa shape index (κ2) is 7.63. The van der Waals surface area contributed by atoms with Crippen molar-refractivity contribution in [3.63, 3.8) is 0 Å². The van der Waals surface area contributed by atoms with Gasteiger partial charge >= 0.3 is 5.97 Å². The standard InChI is InChI=1S/C22H19N3O4/c1-14-5-4-10-23-21(14)29-17-8-9-18-19(12-17)25(2)20(24-18)13-28-16-7-3-6-15(11-16)22(26)27/h3-12H,13H2,1-2H3,(H,26,27). The van der Waals surface area contributed by atoms with Crippen molar-refractivity contribution in [1.82, 2.24) is 14.5 Å². The number of benzene rings is 2. The largest absolute Gasteiger partial charge is 0.486 e. The molecule has 0 saturated carbocycles. The Kier molecular flexibility index (Phi) is 4.87. The number of aromatic nitrogens is 3. The highest BCUT2D eigenvalue weighted by Gasteiger charge is 2.11. The summed E-state index contributed by atoms with van der Waals surface area (Å²) >= 11 is 0. The van der Waals surface area contributed by atoms with E-state index >= 15 is 0 Å².